The highest BCUT2D eigenvalue weighted by Crippen LogP contribution is 2.43. The van der Waals surface area contributed by atoms with E-state index >= 15 is 0 Å². The van der Waals surface area contributed by atoms with Crippen LogP contribution in [0.25, 0.3) is 0 Å². The van der Waals surface area contributed by atoms with Crippen molar-refractivity contribution in [3.05, 3.63) is 59.9 Å². The van der Waals surface area contributed by atoms with E-state index in [0.29, 0.717) is 18.4 Å². The molecule has 0 saturated carbocycles. The van der Waals surface area contributed by atoms with Crippen LogP contribution in [0, 0.1) is 12.7 Å². The van der Waals surface area contributed by atoms with Crippen LogP contribution in [0.1, 0.15) is 31.2 Å². The Hall–Kier alpha value is -1.77. The smallest absolute Gasteiger partial charge is 0.223 e. The van der Waals surface area contributed by atoms with Gasteiger partial charge in [0.25, 0.3) is 0 Å². The number of hydrogen-bond acceptors (Lipinski definition) is 4. The molecule has 5 nitrogen and oxygen atoms in total. The molecule has 150 valence electrons. The van der Waals surface area contributed by atoms with Crippen LogP contribution in [0.4, 0.5) is 4.39 Å². The van der Waals surface area contributed by atoms with Crippen LogP contribution < -0.4 is 0 Å². The topological polar surface area (TPSA) is 71.5 Å². The molecule has 2 atom stereocenters. The molecule has 2 bridgehead atoms. The average Bonchev–Trinajstić information content (AvgIpc) is 2.93. The Morgan fingerprint density at radius 2 is 1.54 bits per heavy atom. The van der Waals surface area contributed by atoms with Gasteiger partial charge in [-0.3, -0.25) is 0 Å². The zero-order chi connectivity index (χ0) is 20.1. The van der Waals surface area contributed by atoms with Crippen LogP contribution in [0.5, 0.6) is 0 Å². The molecule has 8 heteroatoms. The summed E-state index contributed by atoms with van der Waals surface area (Å²) in [5.74, 6) is -0.480. The summed E-state index contributed by atoms with van der Waals surface area (Å²) in [7, 11) is -7.31. The number of aryl methyl sites for hydroxylation is 1. The normalized spacial score (nSPS) is 25.7. The van der Waals surface area contributed by atoms with Crippen LogP contribution in [-0.2, 0) is 19.9 Å². The molecule has 0 spiro atoms. The zero-order valence-corrected chi connectivity index (χ0v) is 17.1. The van der Waals surface area contributed by atoms with Gasteiger partial charge < -0.3 is 0 Å². The lowest BCUT2D eigenvalue weighted by molar-refractivity contribution is 0.249. The molecular weight excluding hydrogens is 401 g/mol. The van der Waals surface area contributed by atoms with Gasteiger partial charge in [-0.1, -0.05) is 18.2 Å². The lowest BCUT2D eigenvalue weighted by atomic mass is 10.1. The summed E-state index contributed by atoms with van der Waals surface area (Å²) < 4.78 is 67.4. The van der Waals surface area contributed by atoms with Crippen LogP contribution in [0.15, 0.2) is 58.3 Å². The second kappa shape index (κ2) is 6.93. The van der Waals surface area contributed by atoms with Gasteiger partial charge in [0.2, 0.25) is 10.0 Å². The van der Waals surface area contributed by atoms with Crippen molar-refractivity contribution in [2.75, 3.05) is 0 Å². The molecule has 2 unspecified atom stereocenters. The van der Waals surface area contributed by atoms with Gasteiger partial charge in [-0.05, 0) is 68.5 Å². The molecule has 0 aliphatic carbocycles. The van der Waals surface area contributed by atoms with Gasteiger partial charge in [0.15, 0.2) is 9.84 Å². The quantitative estimate of drug-likeness (QED) is 0.757. The summed E-state index contributed by atoms with van der Waals surface area (Å²) >= 11 is 0. The van der Waals surface area contributed by atoms with Crippen LogP contribution in [-0.4, -0.2) is 38.5 Å². The number of hydrogen-bond donors (Lipinski definition) is 0. The molecule has 2 aromatic carbocycles. The molecule has 4 rings (SSSR count). The van der Waals surface area contributed by atoms with Gasteiger partial charge in [0.1, 0.15) is 5.82 Å². The first-order valence-electron chi connectivity index (χ1n) is 9.30. The van der Waals surface area contributed by atoms with E-state index < -0.39 is 30.9 Å². The summed E-state index contributed by atoms with van der Waals surface area (Å²) in [5.41, 5.74) is 0.360. The van der Waals surface area contributed by atoms with E-state index in [4.69, 9.17) is 0 Å². The Labute approximate surface area is 165 Å². The highest BCUT2D eigenvalue weighted by molar-refractivity contribution is 7.92. The van der Waals surface area contributed by atoms with Crippen molar-refractivity contribution in [1.82, 2.24) is 4.31 Å². The minimum Gasteiger partial charge on any atom is -0.223 e. The van der Waals surface area contributed by atoms with Crippen molar-refractivity contribution in [3.8, 4) is 0 Å². The van der Waals surface area contributed by atoms with Gasteiger partial charge in [0, 0.05) is 12.1 Å². The minimum atomic E-state index is -3.81. The van der Waals surface area contributed by atoms with Crippen molar-refractivity contribution in [2.45, 2.75) is 59.7 Å². The standard InChI is InChI=1S/C20H22FNO4S2/c1-14-11-15(21)7-10-20(14)28(25,26)22-16-8-9-17(22)13-19(12-16)27(23,24)18-5-3-2-4-6-18/h2-7,10-11,16-17,19H,8-9,12-13H2,1H3. The molecule has 2 saturated heterocycles. The number of benzene rings is 2. The maximum absolute atomic E-state index is 13.4. The predicted molar refractivity (Wildman–Crippen MR) is 104 cm³/mol. The minimum absolute atomic E-state index is 0.0927. The molecule has 2 aromatic rings. The average molecular weight is 424 g/mol. The monoisotopic (exact) mass is 423 g/mol. The SMILES string of the molecule is Cc1cc(F)ccc1S(=O)(=O)N1C2CCC1CC(S(=O)(=O)c1ccccc1)C2. The predicted octanol–water partition coefficient (Wildman–Crippen LogP) is 3.29. The number of sulfone groups is 1. The molecule has 0 N–H and O–H groups in total. The lowest BCUT2D eigenvalue weighted by Crippen LogP contribution is -2.49. The van der Waals surface area contributed by atoms with Crippen LogP contribution in [0.2, 0.25) is 0 Å². The zero-order valence-electron chi connectivity index (χ0n) is 15.5. The molecular formula is C20H22FNO4S2. The highest BCUT2D eigenvalue weighted by atomic mass is 32.2. The number of sulfonamides is 1. The van der Waals surface area contributed by atoms with Gasteiger partial charge in [-0.2, -0.15) is 4.31 Å². The third-order valence-corrected chi connectivity index (χ3v) is 10.2. The summed E-state index contributed by atoms with van der Waals surface area (Å²) in [6.45, 7) is 1.57. The van der Waals surface area contributed by atoms with Crippen molar-refractivity contribution in [3.63, 3.8) is 0 Å². The summed E-state index contributed by atoms with van der Waals surface area (Å²) in [6.07, 6.45) is 1.86. The maximum Gasteiger partial charge on any atom is 0.243 e. The largest absolute Gasteiger partial charge is 0.243 e. The fourth-order valence-corrected chi connectivity index (χ4v) is 8.52. The second-order valence-corrected chi connectivity index (χ2v) is 11.6. The first kappa shape index (κ1) is 19.5. The Kier molecular flexibility index (Phi) is 4.84. The molecule has 2 fully saturated rings. The molecule has 2 aliphatic heterocycles. The molecule has 28 heavy (non-hydrogen) atoms. The van der Waals surface area contributed by atoms with Gasteiger partial charge >= 0.3 is 0 Å². The van der Waals surface area contributed by atoms with E-state index in [1.54, 1.807) is 37.3 Å². The van der Waals surface area contributed by atoms with E-state index in [2.05, 4.69) is 0 Å². The molecule has 2 heterocycles. The fourth-order valence-electron chi connectivity index (χ4n) is 4.55. The fraction of sp³-hybridized carbons (Fsp3) is 0.400. The van der Waals surface area contributed by atoms with Crippen molar-refractivity contribution < 1.29 is 21.2 Å². The molecule has 0 aromatic heterocycles. The van der Waals surface area contributed by atoms with Crippen LogP contribution >= 0.6 is 0 Å². The molecule has 0 radical (unpaired) electrons. The van der Waals surface area contributed by atoms with Crippen molar-refractivity contribution in [2.24, 2.45) is 0 Å². The Bertz CT molecular complexity index is 1090. The molecule has 0 amide bonds. The van der Waals surface area contributed by atoms with E-state index in [1.807, 2.05) is 0 Å². The number of piperidine rings is 1. The Morgan fingerprint density at radius 3 is 2.11 bits per heavy atom. The number of nitrogens with zero attached hydrogens (tertiary/aromatic N) is 1. The lowest BCUT2D eigenvalue weighted by Gasteiger charge is -2.37. The van der Waals surface area contributed by atoms with Gasteiger partial charge in [0.05, 0.1) is 15.0 Å². The van der Waals surface area contributed by atoms with Crippen molar-refractivity contribution in [1.29, 1.82) is 0 Å². The molecule has 2 aliphatic rings. The van der Waals surface area contributed by atoms with E-state index in [1.165, 1.54) is 16.4 Å². The van der Waals surface area contributed by atoms with Gasteiger partial charge in [-0.15, -0.1) is 0 Å². The number of halogens is 1. The Morgan fingerprint density at radius 1 is 0.929 bits per heavy atom. The Balaban J connectivity index is 1.64. The van der Waals surface area contributed by atoms with E-state index in [0.717, 1.165) is 6.07 Å². The maximum atomic E-state index is 13.4. The van der Waals surface area contributed by atoms with Gasteiger partial charge in [-0.25, -0.2) is 21.2 Å². The summed E-state index contributed by atoms with van der Waals surface area (Å²) in [6, 6.07) is 11.3. The summed E-state index contributed by atoms with van der Waals surface area (Å²) in [5, 5.41) is -0.590. The second-order valence-electron chi connectivity index (χ2n) is 7.58. The number of rotatable bonds is 4. The highest BCUT2D eigenvalue weighted by Gasteiger charge is 2.50. The number of fused-ring (bicyclic) bond motifs is 2. The van der Waals surface area contributed by atoms with Crippen LogP contribution in [0.3, 0.4) is 0 Å². The van der Waals surface area contributed by atoms with Crippen molar-refractivity contribution >= 4 is 19.9 Å². The third kappa shape index (κ3) is 3.17. The third-order valence-electron chi connectivity index (χ3n) is 5.83. The van der Waals surface area contributed by atoms with E-state index in [9.17, 15) is 21.2 Å². The first-order valence-corrected chi connectivity index (χ1v) is 12.3. The first-order chi connectivity index (χ1) is 13.2. The van der Waals surface area contributed by atoms with E-state index in [-0.39, 0.29) is 34.7 Å². The summed E-state index contributed by atoms with van der Waals surface area (Å²) in [4.78, 5) is 0.375.